The number of H-pyrrole nitrogens is 1. The molecule has 6 heteroatoms. The Bertz CT molecular complexity index is 889. The maximum absolute atomic E-state index is 11.7. The van der Waals surface area contributed by atoms with Crippen molar-refractivity contribution in [2.45, 2.75) is 19.4 Å². The van der Waals surface area contributed by atoms with Crippen LogP contribution in [0.4, 0.5) is 11.4 Å². The number of aromatic amines is 1. The van der Waals surface area contributed by atoms with Gasteiger partial charge in [0.05, 0.1) is 11.7 Å². The molecular formula is C18H18N4O2. The molecule has 2 heterocycles. The molecule has 0 saturated heterocycles. The van der Waals surface area contributed by atoms with E-state index in [1.54, 1.807) is 6.20 Å². The fourth-order valence-corrected chi connectivity index (χ4v) is 3.08. The summed E-state index contributed by atoms with van der Waals surface area (Å²) in [6.07, 6.45) is 2.53. The zero-order chi connectivity index (χ0) is 16.5. The summed E-state index contributed by atoms with van der Waals surface area (Å²) in [4.78, 5) is 11.7. The lowest BCUT2D eigenvalue weighted by Gasteiger charge is -2.23. The van der Waals surface area contributed by atoms with Crippen LogP contribution in [0.1, 0.15) is 12.5 Å². The monoisotopic (exact) mass is 322 g/mol. The summed E-state index contributed by atoms with van der Waals surface area (Å²) in [5.74, 6) is 0.582. The molecule has 1 amide bonds. The van der Waals surface area contributed by atoms with Gasteiger partial charge in [0.1, 0.15) is 11.4 Å². The molecule has 2 aromatic carbocycles. The van der Waals surface area contributed by atoms with Crippen molar-refractivity contribution in [3.05, 3.63) is 48.2 Å². The molecule has 122 valence electrons. The first kappa shape index (κ1) is 14.6. The van der Waals surface area contributed by atoms with E-state index in [2.05, 4.69) is 33.8 Å². The number of hydrogen-bond acceptors (Lipinski definition) is 4. The Labute approximate surface area is 139 Å². The van der Waals surface area contributed by atoms with Crippen molar-refractivity contribution in [2.75, 3.05) is 17.2 Å². The highest BCUT2D eigenvalue weighted by molar-refractivity contribution is 6.05. The first-order chi connectivity index (χ1) is 11.7. The van der Waals surface area contributed by atoms with Crippen LogP contribution in [-0.4, -0.2) is 28.8 Å². The Hall–Kier alpha value is -3.02. The third-order valence-electron chi connectivity index (χ3n) is 4.09. The first-order valence-electron chi connectivity index (χ1n) is 7.94. The standard InChI is InChI=1S/C18H18N4O2/c1-11(20-14-5-3-2-4-6-14)7-12-8-13-9-19-22-16(13)17-18(12)24-10-15(23)21-17/h2-6,8-9,11,20H,7,10H2,1H3,(H,19,22)(H,21,23)/t11-/m0/s1. The minimum atomic E-state index is -0.147. The first-order valence-corrected chi connectivity index (χ1v) is 7.94. The van der Waals surface area contributed by atoms with Gasteiger partial charge < -0.3 is 15.4 Å². The predicted molar refractivity (Wildman–Crippen MR) is 93.4 cm³/mol. The smallest absolute Gasteiger partial charge is 0.262 e. The molecule has 6 nitrogen and oxygen atoms in total. The van der Waals surface area contributed by atoms with E-state index in [0.717, 1.165) is 34.3 Å². The normalized spacial score (nSPS) is 14.6. The Kier molecular flexibility index (Phi) is 3.57. The summed E-state index contributed by atoms with van der Waals surface area (Å²) in [6, 6.07) is 12.4. The number of carbonyl (C=O) groups excluding carboxylic acids is 1. The van der Waals surface area contributed by atoms with E-state index < -0.39 is 0 Å². The van der Waals surface area contributed by atoms with E-state index in [0.29, 0.717) is 5.69 Å². The van der Waals surface area contributed by atoms with Crippen molar-refractivity contribution in [3.8, 4) is 5.75 Å². The predicted octanol–water partition coefficient (Wildman–Crippen LogP) is 2.94. The Morgan fingerprint density at radius 1 is 1.33 bits per heavy atom. The van der Waals surface area contributed by atoms with Crippen LogP contribution in [0.5, 0.6) is 5.75 Å². The highest BCUT2D eigenvalue weighted by Gasteiger charge is 2.24. The van der Waals surface area contributed by atoms with Crippen LogP contribution < -0.4 is 15.4 Å². The molecule has 1 aliphatic rings. The van der Waals surface area contributed by atoms with Crippen LogP contribution in [0.25, 0.3) is 10.9 Å². The van der Waals surface area contributed by atoms with Gasteiger partial charge in [0.2, 0.25) is 0 Å². The van der Waals surface area contributed by atoms with E-state index in [9.17, 15) is 4.79 Å². The SMILES string of the molecule is C[C@@H](Cc1cc2cn[nH]c2c2c1OCC(=O)N2)Nc1ccccc1. The lowest BCUT2D eigenvalue weighted by atomic mass is 10.0. The zero-order valence-electron chi connectivity index (χ0n) is 13.3. The Morgan fingerprint density at radius 2 is 2.17 bits per heavy atom. The number of nitrogens with one attached hydrogen (secondary N) is 3. The third-order valence-corrected chi connectivity index (χ3v) is 4.09. The van der Waals surface area contributed by atoms with E-state index in [4.69, 9.17) is 4.74 Å². The molecule has 0 fully saturated rings. The molecule has 1 atom stereocenters. The van der Waals surface area contributed by atoms with Gasteiger partial charge in [0.25, 0.3) is 5.91 Å². The number of para-hydroxylation sites is 1. The molecule has 3 N–H and O–H groups in total. The van der Waals surface area contributed by atoms with Crippen molar-refractivity contribution in [1.29, 1.82) is 0 Å². The maximum Gasteiger partial charge on any atom is 0.262 e. The minimum absolute atomic E-state index is 0.0418. The lowest BCUT2D eigenvalue weighted by Crippen LogP contribution is -2.27. The van der Waals surface area contributed by atoms with Crippen LogP contribution in [0.3, 0.4) is 0 Å². The average Bonchev–Trinajstić information content (AvgIpc) is 3.04. The maximum atomic E-state index is 11.7. The van der Waals surface area contributed by atoms with Gasteiger partial charge in [-0.1, -0.05) is 18.2 Å². The molecule has 0 saturated carbocycles. The van der Waals surface area contributed by atoms with Crippen LogP contribution in [0.15, 0.2) is 42.6 Å². The summed E-state index contributed by atoms with van der Waals surface area (Å²) >= 11 is 0. The number of benzene rings is 2. The molecule has 0 bridgehead atoms. The lowest BCUT2D eigenvalue weighted by molar-refractivity contribution is -0.118. The van der Waals surface area contributed by atoms with E-state index in [-0.39, 0.29) is 18.6 Å². The van der Waals surface area contributed by atoms with Crippen molar-refractivity contribution in [2.24, 2.45) is 0 Å². The number of anilines is 2. The summed E-state index contributed by atoms with van der Waals surface area (Å²) < 4.78 is 5.71. The van der Waals surface area contributed by atoms with Gasteiger partial charge >= 0.3 is 0 Å². The number of rotatable bonds is 4. The van der Waals surface area contributed by atoms with Crippen LogP contribution >= 0.6 is 0 Å². The van der Waals surface area contributed by atoms with E-state index in [1.165, 1.54) is 0 Å². The van der Waals surface area contributed by atoms with Crippen LogP contribution in [0, 0.1) is 0 Å². The number of ether oxygens (including phenoxy) is 1. The van der Waals surface area contributed by atoms with Gasteiger partial charge in [-0.05, 0) is 37.1 Å². The molecule has 1 aromatic heterocycles. The molecule has 0 aliphatic carbocycles. The molecule has 24 heavy (non-hydrogen) atoms. The van der Waals surface area contributed by atoms with Gasteiger partial charge in [-0.25, -0.2) is 0 Å². The molecule has 3 aromatic rings. The van der Waals surface area contributed by atoms with Crippen molar-refractivity contribution in [3.63, 3.8) is 0 Å². The zero-order valence-corrected chi connectivity index (χ0v) is 13.3. The highest BCUT2D eigenvalue weighted by Crippen LogP contribution is 2.38. The fraction of sp³-hybridized carbons (Fsp3) is 0.222. The minimum Gasteiger partial charge on any atom is -0.481 e. The van der Waals surface area contributed by atoms with E-state index in [1.807, 2.05) is 30.3 Å². The molecule has 4 rings (SSSR count). The Balaban J connectivity index is 1.65. The van der Waals surface area contributed by atoms with Gasteiger partial charge in [0, 0.05) is 17.1 Å². The number of fused-ring (bicyclic) bond motifs is 3. The number of carbonyl (C=O) groups is 1. The van der Waals surface area contributed by atoms with Gasteiger partial charge in [-0.3, -0.25) is 9.89 Å². The summed E-state index contributed by atoms with van der Waals surface area (Å²) in [5.41, 5.74) is 3.61. The number of aromatic nitrogens is 2. The summed E-state index contributed by atoms with van der Waals surface area (Å²) in [6.45, 7) is 2.17. The van der Waals surface area contributed by atoms with E-state index >= 15 is 0 Å². The second-order valence-corrected chi connectivity index (χ2v) is 6.03. The molecule has 1 aliphatic heterocycles. The topological polar surface area (TPSA) is 79.0 Å². The number of nitrogens with zero attached hydrogens (tertiary/aromatic N) is 1. The van der Waals surface area contributed by atoms with Gasteiger partial charge in [0.15, 0.2) is 6.61 Å². The van der Waals surface area contributed by atoms with Crippen LogP contribution in [0.2, 0.25) is 0 Å². The quantitative estimate of drug-likeness (QED) is 0.690. The molecular weight excluding hydrogens is 304 g/mol. The average molecular weight is 322 g/mol. The second-order valence-electron chi connectivity index (χ2n) is 6.03. The van der Waals surface area contributed by atoms with Gasteiger partial charge in [-0.15, -0.1) is 0 Å². The molecule has 0 unspecified atom stereocenters. The fourth-order valence-electron chi connectivity index (χ4n) is 3.08. The molecule has 0 radical (unpaired) electrons. The van der Waals surface area contributed by atoms with Crippen molar-refractivity contribution < 1.29 is 9.53 Å². The van der Waals surface area contributed by atoms with Crippen LogP contribution in [-0.2, 0) is 11.2 Å². The Morgan fingerprint density at radius 3 is 3.00 bits per heavy atom. The van der Waals surface area contributed by atoms with Crippen molar-refractivity contribution >= 4 is 28.2 Å². The largest absolute Gasteiger partial charge is 0.481 e. The summed E-state index contributed by atoms with van der Waals surface area (Å²) in [7, 11) is 0. The second kappa shape index (κ2) is 5.88. The van der Waals surface area contributed by atoms with Crippen molar-refractivity contribution in [1.82, 2.24) is 10.2 Å². The highest BCUT2D eigenvalue weighted by atomic mass is 16.5. The third kappa shape index (κ3) is 2.67. The number of hydrogen-bond donors (Lipinski definition) is 3. The summed E-state index contributed by atoms with van der Waals surface area (Å²) in [5, 5.41) is 14.3. The molecule has 0 spiro atoms. The van der Waals surface area contributed by atoms with Gasteiger partial charge in [-0.2, -0.15) is 5.10 Å². The number of amides is 1.